The van der Waals surface area contributed by atoms with E-state index in [0.29, 0.717) is 6.04 Å². The molecule has 0 saturated heterocycles. The first-order valence-electron chi connectivity index (χ1n) is 5.74. The average Bonchev–Trinajstić information content (AvgIpc) is 2.15. The number of fused-ring (bicyclic) bond motifs is 1. The van der Waals surface area contributed by atoms with Crippen molar-refractivity contribution in [3.8, 4) is 0 Å². The third-order valence-corrected chi connectivity index (χ3v) is 3.10. The fraction of sp³-hybridized carbons (Fsp3) is 0.538. The van der Waals surface area contributed by atoms with E-state index in [0.717, 1.165) is 17.9 Å². The number of nitrogens with zero attached hydrogens (tertiary/aromatic N) is 1. The molecule has 3 heteroatoms. The van der Waals surface area contributed by atoms with Crippen molar-refractivity contribution in [2.45, 2.75) is 39.3 Å². The third-order valence-electron chi connectivity index (χ3n) is 3.10. The standard InChI is InChI=1S/C13H19FN2/c1-9(2)16-12-7-10(14)5-6-11(12)15-8-13(16,3)4/h5-7,9,15H,8H2,1-4H3. The highest BCUT2D eigenvalue weighted by Gasteiger charge is 2.34. The highest BCUT2D eigenvalue weighted by molar-refractivity contribution is 5.74. The molecule has 0 radical (unpaired) electrons. The lowest BCUT2D eigenvalue weighted by atomic mass is 9.95. The van der Waals surface area contributed by atoms with E-state index in [-0.39, 0.29) is 11.4 Å². The van der Waals surface area contributed by atoms with E-state index in [9.17, 15) is 4.39 Å². The summed E-state index contributed by atoms with van der Waals surface area (Å²) in [6, 6.07) is 5.29. The van der Waals surface area contributed by atoms with E-state index in [1.54, 1.807) is 6.07 Å². The van der Waals surface area contributed by atoms with E-state index in [4.69, 9.17) is 0 Å². The Morgan fingerprint density at radius 2 is 2.06 bits per heavy atom. The van der Waals surface area contributed by atoms with Gasteiger partial charge in [-0.05, 0) is 45.9 Å². The van der Waals surface area contributed by atoms with Gasteiger partial charge in [0.05, 0.1) is 16.9 Å². The quantitative estimate of drug-likeness (QED) is 0.784. The predicted molar refractivity (Wildman–Crippen MR) is 66.6 cm³/mol. The Bertz CT molecular complexity index is 399. The summed E-state index contributed by atoms with van der Waals surface area (Å²) in [5.74, 6) is -0.177. The Hall–Kier alpha value is -1.25. The van der Waals surface area contributed by atoms with Crippen LogP contribution in [0.15, 0.2) is 18.2 Å². The van der Waals surface area contributed by atoms with Gasteiger partial charge in [0.15, 0.2) is 0 Å². The van der Waals surface area contributed by atoms with Crippen molar-refractivity contribution >= 4 is 11.4 Å². The summed E-state index contributed by atoms with van der Waals surface area (Å²) in [7, 11) is 0. The molecule has 0 bridgehead atoms. The summed E-state index contributed by atoms with van der Waals surface area (Å²) in [6.45, 7) is 9.51. The second kappa shape index (κ2) is 3.65. The summed E-state index contributed by atoms with van der Waals surface area (Å²) < 4.78 is 13.3. The van der Waals surface area contributed by atoms with Gasteiger partial charge in [-0.15, -0.1) is 0 Å². The van der Waals surface area contributed by atoms with Gasteiger partial charge >= 0.3 is 0 Å². The molecule has 1 aliphatic heterocycles. The van der Waals surface area contributed by atoms with Crippen molar-refractivity contribution in [3.05, 3.63) is 24.0 Å². The SMILES string of the molecule is CC(C)N1c2cc(F)ccc2NCC1(C)C. The number of benzene rings is 1. The van der Waals surface area contributed by atoms with E-state index < -0.39 is 0 Å². The van der Waals surface area contributed by atoms with Gasteiger partial charge in [-0.1, -0.05) is 0 Å². The summed E-state index contributed by atoms with van der Waals surface area (Å²) in [4.78, 5) is 2.28. The van der Waals surface area contributed by atoms with Gasteiger partial charge in [-0.3, -0.25) is 0 Å². The smallest absolute Gasteiger partial charge is 0.125 e. The predicted octanol–water partition coefficient (Wildman–Crippen LogP) is 3.24. The lowest BCUT2D eigenvalue weighted by Crippen LogP contribution is -2.55. The van der Waals surface area contributed by atoms with Gasteiger partial charge in [0.25, 0.3) is 0 Å². The zero-order valence-corrected chi connectivity index (χ0v) is 10.3. The molecule has 1 aromatic carbocycles. The molecule has 1 heterocycles. The number of hydrogen-bond acceptors (Lipinski definition) is 2. The number of hydrogen-bond donors (Lipinski definition) is 1. The maximum Gasteiger partial charge on any atom is 0.125 e. The second-order valence-electron chi connectivity index (χ2n) is 5.29. The largest absolute Gasteiger partial charge is 0.381 e. The van der Waals surface area contributed by atoms with Crippen LogP contribution in [0.2, 0.25) is 0 Å². The van der Waals surface area contributed by atoms with Gasteiger partial charge in [-0.2, -0.15) is 0 Å². The van der Waals surface area contributed by atoms with Crippen LogP contribution in [0.25, 0.3) is 0 Å². The van der Waals surface area contributed by atoms with E-state index in [2.05, 4.69) is 37.9 Å². The van der Waals surface area contributed by atoms with Crippen molar-refractivity contribution in [2.24, 2.45) is 0 Å². The van der Waals surface area contributed by atoms with E-state index in [1.165, 1.54) is 6.07 Å². The maximum atomic E-state index is 13.3. The Morgan fingerprint density at radius 3 is 2.69 bits per heavy atom. The fourth-order valence-electron chi connectivity index (χ4n) is 2.55. The first-order valence-corrected chi connectivity index (χ1v) is 5.74. The van der Waals surface area contributed by atoms with Gasteiger partial charge in [-0.25, -0.2) is 4.39 Å². The van der Waals surface area contributed by atoms with Crippen LogP contribution in [-0.2, 0) is 0 Å². The molecule has 0 saturated carbocycles. The van der Waals surface area contributed by atoms with Crippen LogP contribution < -0.4 is 10.2 Å². The van der Waals surface area contributed by atoms with Crippen LogP contribution >= 0.6 is 0 Å². The molecule has 0 unspecified atom stereocenters. The molecule has 2 nitrogen and oxygen atoms in total. The molecule has 0 aliphatic carbocycles. The summed E-state index contributed by atoms with van der Waals surface area (Å²) in [5.41, 5.74) is 2.00. The zero-order valence-electron chi connectivity index (χ0n) is 10.3. The number of nitrogens with one attached hydrogen (secondary N) is 1. The monoisotopic (exact) mass is 222 g/mol. The van der Waals surface area contributed by atoms with Crippen LogP contribution in [0.4, 0.5) is 15.8 Å². The van der Waals surface area contributed by atoms with Crippen molar-refractivity contribution in [1.82, 2.24) is 0 Å². The molecule has 0 fully saturated rings. The Kier molecular flexibility index (Phi) is 2.56. The number of halogens is 1. The summed E-state index contributed by atoms with van der Waals surface area (Å²) in [6.07, 6.45) is 0. The fourth-order valence-corrected chi connectivity index (χ4v) is 2.55. The lowest BCUT2D eigenvalue weighted by Gasteiger charge is -2.48. The third kappa shape index (κ3) is 1.75. The molecule has 1 aromatic rings. The molecule has 1 N–H and O–H groups in total. The van der Waals surface area contributed by atoms with E-state index in [1.807, 2.05) is 6.07 Å². The highest BCUT2D eigenvalue weighted by Crippen LogP contribution is 2.37. The normalized spacial score (nSPS) is 18.2. The first kappa shape index (κ1) is 11.2. The zero-order chi connectivity index (χ0) is 11.9. The maximum absolute atomic E-state index is 13.3. The molecular formula is C13H19FN2. The van der Waals surface area contributed by atoms with E-state index >= 15 is 0 Å². The molecule has 0 spiro atoms. The molecule has 0 amide bonds. The minimum absolute atomic E-state index is 0.00889. The van der Waals surface area contributed by atoms with Crippen molar-refractivity contribution in [3.63, 3.8) is 0 Å². The van der Waals surface area contributed by atoms with Crippen LogP contribution in [0.1, 0.15) is 27.7 Å². The van der Waals surface area contributed by atoms with Crippen molar-refractivity contribution in [2.75, 3.05) is 16.8 Å². The Balaban J connectivity index is 2.52. The van der Waals surface area contributed by atoms with Gasteiger partial charge < -0.3 is 10.2 Å². The molecule has 0 aromatic heterocycles. The topological polar surface area (TPSA) is 15.3 Å². The Morgan fingerprint density at radius 1 is 1.38 bits per heavy atom. The number of rotatable bonds is 1. The minimum Gasteiger partial charge on any atom is -0.381 e. The molecule has 1 aliphatic rings. The highest BCUT2D eigenvalue weighted by atomic mass is 19.1. The molecular weight excluding hydrogens is 203 g/mol. The molecule has 88 valence electrons. The van der Waals surface area contributed by atoms with Gasteiger partial charge in [0.2, 0.25) is 0 Å². The Labute approximate surface area is 96.5 Å². The summed E-state index contributed by atoms with van der Waals surface area (Å²) in [5, 5.41) is 3.36. The van der Waals surface area contributed by atoms with Crippen molar-refractivity contribution in [1.29, 1.82) is 0 Å². The minimum atomic E-state index is -0.177. The second-order valence-corrected chi connectivity index (χ2v) is 5.29. The molecule has 2 rings (SSSR count). The molecule has 16 heavy (non-hydrogen) atoms. The van der Waals surface area contributed by atoms with Gasteiger partial charge in [0.1, 0.15) is 5.82 Å². The van der Waals surface area contributed by atoms with Crippen LogP contribution in [0.3, 0.4) is 0 Å². The summed E-state index contributed by atoms with van der Waals surface area (Å²) >= 11 is 0. The van der Waals surface area contributed by atoms with Crippen LogP contribution in [-0.4, -0.2) is 18.1 Å². The van der Waals surface area contributed by atoms with Gasteiger partial charge in [0, 0.05) is 12.6 Å². The molecule has 0 atom stereocenters. The van der Waals surface area contributed by atoms with Crippen LogP contribution in [0, 0.1) is 5.82 Å². The average molecular weight is 222 g/mol. The lowest BCUT2D eigenvalue weighted by molar-refractivity contribution is 0.437. The van der Waals surface area contributed by atoms with Crippen molar-refractivity contribution < 1.29 is 4.39 Å². The first-order chi connectivity index (χ1) is 7.42. The number of anilines is 2. The van der Waals surface area contributed by atoms with Crippen LogP contribution in [0.5, 0.6) is 0 Å².